The molecule has 2 fully saturated rings. The second kappa shape index (κ2) is 7.53. The summed E-state index contributed by atoms with van der Waals surface area (Å²) >= 11 is 0. The van der Waals surface area contributed by atoms with E-state index in [1.807, 2.05) is 6.92 Å². The van der Waals surface area contributed by atoms with E-state index in [1.54, 1.807) is 11.0 Å². The molecule has 3 aliphatic heterocycles. The molecule has 0 radical (unpaired) electrons. The van der Waals surface area contributed by atoms with Gasteiger partial charge in [-0.1, -0.05) is 6.07 Å². The first-order chi connectivity index (χ1) is 13.0. The molecule has 2 amide bonds. The van der Waals surface area contributed by atoms with Crippen LogP contribution in [0, 0.1) is 5.82 Å². The van der Waals surface area contributed by atoms with Crippen LogP contribution in [0.15, 0.2) is 18.2 Å². The van der Waals surface area contributed by atoms with Crippen LogP contribution in [-0.2, 0) is 20.7 Å². The SMILES string of the molecule is CC1Cc2ccc(F)cc2N1C(=O)CC1NC(=O)CC(N2CCOCC2)N1. The highest BCUT2D eigenvalue weighted by molar-refractivity contribution is 5.96. The Balaban J connectivity index is 1.44. The van der Waals surface area contributed by atoms with Gasteiger partial charge in [-0.05, 0) is 31.0 Å². The van der Waals surface area contributed by atoms with Crippen molar-refractivity contribution in [3.63, 3.8) is 0 Å². The number of carbonyl (C=O) groups excluding carboxylic acids is 2. The monoisotopic (exact) mass is 376 g/mol. The molecular formula is C19H25FN4O3. The van der Waals surface area contributed by atoms with E-state index in [-0.39, 0.29) is 36.3 Å². The minimum Gasteiger partial charge on any atom is -0.379 e. The van der Waals surface area contributed by atoms with E-state index in [2.05, 4.69) is 15.5 Å². The number of halogens is 1. The first kappa shape index (κ1) is 18.3. The van der Waals surface area contributed by atoms with Crippen molar-refractivity contribution in [2.24, 2.45) is 0 Å². The Morgan fingerprint density at radius 3 is 2.85 bits per heavy atom. The van der Waals surface area contributed by atoms with Gasteiger partial charge in [-0.2, -0.15) is 0 Å². The summed E-state index contributed by atoms with van der Waals surface area (Å²) in [6.45, 7) is 4.79. The molecule has 3 atom stereocenters. The third kappa shape index (κ3) is 3.83. The highest BCUT2D eigenvalue weighted by Crippen LogP contribution is 2.33. The zero-order valence-corrected chi connectivity index (χ0v) is 15.4. The number of morpholine rings is 1. The Kier molecular flexibility index (Phi) is 5.12. The number of anilines is 1. The largest absolute Gasteiger partial charge is 0.379 e. The van der Waals surface area contributed by atoms with Crippen LogP contribution in [0.2, 0.25) is 0 Å². The number of hydrogen-bond acceptors (Lipinski definition) is 5. The van der Waals surface area contributed by atoms with Crippen molar-refractivity contribution in [2.75, 3.05) is 31.2 Å². The number of ether oxygens (including phenoxy) is 1. The highest BCUT2D eigenvalue weighted by Gasteiger charge is 2.36. The van der Waals surface area contributed by atoms with Gasteiger partial charge in [0.2, 0.25) is 11.8 Å². The summed E-state index contributed by atoms with van der Waals surface area (Å²) in [6, 6.07) is 4.56. The maximum absolute atomic E-state index is 13.7. The molecule has 0 spiro atoms. The number of benzene rings is 1. The van der Waals surface area contributed by atoms with E-state index >= 15 is 0 Å². The number of amides is 2. The van der Waals surface area contributed by atoms with Gasteiger partial charge in [0, 0.05) is 19.1 Å². The van der Waals surface area contributed by atoms with Crippen molar-refractivity contribution < 1.29 is 18.7 Å². The topological polar surface area (TPSA) is 73.9 Å². The summed E-state index contributed by atoms with van der Waals surface area (Å²) in [4.78, 5) is 29.0. The molecule has 3 aliphatic rings. The molecule has 0 saturated carbocycles. The standard InChI is InChI=1S/C19H25FN4O3/c1-12-8-13-2-3-14(20)9-15(13)24(12)19(26)10-16-21-17(11-18(25)22-16)23-4-6-27-7-5-23/h2-3,9,12,16-17,21H,4-8,10-11H2,1H3,(H,22,25). The number of nitrogens with one attached hydrogen (secondary N) is 2. The molecule has 2 N–H and O–H groups in total. The average Bonchev–Trinajstić information content (AvgIpc) is 2.97. The molecule has 3 heterocycles. The predicted molar refractivity (Wildman–Crippen MR) is 97.5 cm³/mol. The van der Waals surface area contributed by atoms with Gasteiger partial charge in [-0.25, -0.2) is 4.39 Å². The Morgan fingerprint density at radius 1 is 1.30 bits per heavy atom. The van der Waals surface area contributed by atoms with Gasteiger partial charge in [0.1, 0.15) is 5.82 Å². The first-order valence-electron chi connectivity index (χ1n) is 9.49. The summed E-state index contributed by atoms with van der Waals surface area (Å²) in [6.07, 6.45) is 0.672. The van der Waals surface area contributed by atoms with Crippen molar-refractivity contribution in [3.8, 4) is 0 Å². The molecule has 8 heteroatoms. The van der Waals surface area contributed by atoms with Crippen molar-refractivity contribution in [2.45, 2.75) is 44.6 Å². The third-order valence-corrected chi connectivity index (χ3v) is 5.50. The number of hydrogen-bond donors (Lipinski definition) is 2. The summed E-state index contributed by atoms with van der Waals surface area (Å²) in [5.74, 6) is -0.534. The average molecular weight is 376 g/mol. The fourth-order valence-electron chi connectivity index (χ4n) is 4.23. The molecule has 0 bridgehead atoms. The van der Waals surface area contributed by atoms with Gasteiger partial charge >= 0.3 is 0 Å². The molecule has 0 aliphatic carbocycles. The van der Waals surface area contributed by atoms with Gasteiger partial charge in [0.15, 0.2) is 0 Å². The zero-order chi connectivity index (χ0) is 19.0. The lowest BCUT2D eigenvalue weighted by Crippen LogP contribution is -2.64. The van der Waals surface area contributed by atoms with Gasteiger partial charge in [0.25, 0.3) is 0 Å². The van der Waals surface area contributed by atoms with Crippen LogP contribution in [0.25, 0.3) is 0 Å². The smallest absolute Gasteiger partial charge is 0.230 e. The fraction of sp³-hybridized carbons (Fsp3) is 0.579. The van der Waals surface area contributed by atoms with Crippen LogP contribution >= 0.6 is 0 Å². The van der Waals surface area contributed by atoms with Gasteiger partial charge < -0.3 is 15.0 Å². The first-order valence-corrected chi connectivity index (χ1v) is 9.49. The normalized spacial score (nSPS) is 28.7. The van der Waals surface area contributed by atoms with Crippen molar-refractivity contribution in [1.82, 2.24) is 15.5 Å². The molecule has 3 unspecified atom stereocenters. The number of nitrogens with zero attached hydrogens (tertiary/aromatic N) is 2. The van der Waals surface area contributed by atoms with E-state index in [4.69, 9.17) is 4.74 Å². The quantitative estimate of drug-likeness (QED) is 0.808. The Labute approximate surface area is 157 Å². The summed E-state index contributed by atoms with van der Waals surface area (Å²) < 4.78 is 19.0. The Bertz CT molecular complexity index is 738. The minimum atomic E-state index is -0.434. The van der Waals surface area contributed by atoms with Crippen LogP contribution in [-0.4, -0.2) is 61.4 Å². The number of carbonyl (C=O) groups is 2. The maximum Gasteiger partial charge on any atom is 0.230 e. The molecule has 7 nitrogen and oxygen atoms in total. The number of fused-ring (bicyclic) bond motifs is 1. The van der Waals surface area contributed by atoms with Crippen molar-refractivity contribution in [3.05, 3.63) is 29.6 Å². The van der Waals surface area contributed by atoms with Crippen LogP contribution in [0.5, 0.6) is 0 Å². The lowest BCUT2D eigenvalue weighted by Gasteiger charge is -2.40. The number of rotatable bonds is 3. The van der Waals surface area contributed by atoms with E-state index in [9.17, 15) is 14.0 Å². The summed E-state index contributed by atoms with van der Waals surface area (Å²) in [5.41, 5.74) is 1.61. The van der Waals surface area contributed by atoms with Crippen LogP contribution in [0.4, 0.5) is 10.1 Å². The van der Waals surface area contributed by atoms with E-state index < -0.39 is 6.17 Å². The van der Waals surface area contributed by atoms with Crippen LogP contribution in [0.3, 0.4) is 0 Å². The second-order valence-electron chi connectivity index (χ2n) is 7.45. The Hall–Kier alpha value is -2.03. The van der Waals surface area contributed by atoms with E-state index in [1.165, 1.54) is 12.1 Å². The lowest BCUT2D eigenvalue weighted by atomic mass is 10.1. The maximum atomic E-state index is 13.7. The van der Waals surface area contributed by atoms with Crippen LogP contribution < -0.4 is 15.5 Å². The molecule has 0 aromatic heterocycles. The third-order valence-electron chi connectivity index (χ3n) is 5.50. The lowest BCUT2D eigenvalue weighted by molar-refractivity contribution is -0.128. The minimum absolute atomic E-state index is 0.0244. The molecule has 1 aromatic rings. The Morgan fingerprint density at radius 2 is 2.07 bits per heavy atom. The van der Waals surface area contributed by atoms with Gasteiger partial charge in [0.05, 0.1) is 44.1 Å². The summed E-state index contributed by atoms with van der Waals surface area (Å²) in [5, 5.41) is 6.24. The molecule has 27 heavy (non-hydrogen) atoms. The van der Waals surface area contributed by atoms with Gasteiger partial charge in [-0.3, -0.25) is 19.8 Å². The van der Waals surface area contributed by atoms with Gasteiger partial charge in [-0.15, -0.1) is 0 Å². The molecule has 146 valence electrons. The van der Waals surface area contributed by atoms with Crippen molar-refractivity contribution >= 4 is 17.5 Å². The highest BCUT2D eigenvalue weighted by atomic mass is 19.1. The molecule has 4 rings (SSSR count). The summed E-state index contributed by atoms with van der Waals surface area (Å²) in [7, 11) is 0. The second-order valence-corrected chi connectivity index (χ2v) is 7.45. The van der Waals surface area contributed by atoms with Crippen LogP contribution in [0.1, 0.15) is 25.3 Å². The van der Waals surface area contributed by atoms with E-state index in [0.717, 1.165) is 18.7 Å². The van der Waals surface area contributed by atoms with Crippen molar-refractivity contribution in [1.29, 1.82) is 0 Å². The molecule has 2 saturated heterocycles. The molecular weight excluding hydrogens is 351 g/mol. The molecule has 1 aromatic carbocycles. The predicted octanol–water partition coefficient (Wildman–Crippen LogP) is 0.587. The van der Waals surface area contributed by atoms with E-state index in [0.29, 0.717) is 31.7 Å². The zero-order valence-electron chi connectivity index (χ0n) is 15.4. The fourth-order valence-corrected chi connectivity index (χ4v) is 4.23.